The number of rotatable bonds is 3. The van der Waals surface area contributed by atoms with E-state index in [4.69, 9.17) is 0 Å². The average Bonchev–Trinajstić information content (AvgIpc) is 2.45. The van der Waals surface area contributed by atoms with Crippen molar-refractivity contribution in [3.63, 3.8) is 0 Å². The number of carbonyl (C=O) groups is 1. The smallest absolute Gasteiger partial charge is 0.314 e. The van der Waals surface area contributed by atoms with Crippen molar-refractivity contribution in [2.24, 2.45) is 0 Å². The molecule has 0 saturated heterocycles. The molecule has 3 nitrogen and oxygen atoms in total. The fourth-order valence-corrected chi connectivity index (χ4v) is 1.95. The van der Waals surface area contributed by atoms with Crippen LogP contribution in [0.15, 0.2) is 53.1 Å². The van der Waals surface area contributed by atoms with E-state index in [-0.39, 0.29) is 11.8 Å². The van der Waals surface area contributed by atoms with E-state index >= 15 is 0 Å². The zero-order valence-corrected chi connectivity index (χ0v) is 12.9. The Hall–Kier alpha value is -2.14. The van der Waals surface area contributed by atoms with E-state index < -0.39 is 0 Å². The van der Waals surface area contributed by atoms with Gasteiger partial charge in [-0.05, 0) is 42.8 Å². The van der Waals surface area contributed by atoms with Crippen LogP contribution in [0.25, 0.3) is 6.08 Å². The lowest BCUT2D eigenvalue weighted by molar-refractivity contribution is 0.255. The summed E-state index contributed by atoms with van der Waals surface area (Å²) >= 11 is 3.40. The number of amides is 2. The van der Waals surface area contributed by atoms with Gasteiger partial charge in [-0.1, -0.05) is 34.1 Å². The van der Waals surface area contributed by atoms with Crippen molar-refractivity contribution in [2.75, 3.05) is 5.32 Å². The molecule has 2 rings (SSSR count). The third kappa shape index (κ3) is 4.43. The zero-order valence-electron chi connectivity index (χ0n) is 11.4. The molecular weight excluding hydrogens is 335 g/mol. The third-order valence-corrected chi connectivity index (χ3v) is 3.69. The van der Waals surface area contributed by atoms with Crippen molar-refractivity contribution in [1.82, 2.24) is 5.32 Å². The number of hydrogen-bond donors (Lipinski definition) is 2. The van der Waals surface area contributed by atoms with Crippen LogP contribution in [0.5, 0.6) is 0 Å². The summed E-state index contributed by atoms with van der Waals surface area (Å²) < 4.78 is 14.3. The highest BCUT2D eigenvalue weighted by atomic mass is 79.9. The van der Waals surface area contributed by atoms with Crippen molar-refractivity contribution in [3.05, 3.63) is 70.1 Å². The largest absolute Gasteiger partial charge is 0.323 e. The number of halogens is 2. The Morgan fingerprint density at radius 2 is 2.00 bits per heavy atom. The first-order valence-corrected chi connectivity index (χ1v) is 7.10. The molecule has 2 aromatic carbocycles. The molecule has 0 aromatic heterocycles. The molecule has 0 aliphatic rings. The lowest BCUT2D eigenvalue weighted by Gasteiger charge is -2.06. The number of nitrogens with one attached hydrogen (secondary N) is 2. The standard InChI is InChI=1S/C16H14BrFN2O/c1-11-10-13(6-7-14(11)17)20-16(21)19-9-8-12-4-2-3-5-15(12)18/h2-10H,1H3,(H2,19,20,21)/b9-8+. The van der Waals surface area contributed by atoms with Gasteiger partial charge in [-0.2, -0.15) is 0 Å². The summed E-state index contributed by atoms with van der Waals surface area (Å²) in [4.78, 5) is 11.7. The summed E-state index contributed by atoms with van der Waals surface area (Å²) in [5.74, 6) is -0.334. The quantitative estimate of drug-likeness (QED) is 0.829. The number of aryl methyl sites for hydroxylation is 1. The fraction of sp³-hybridized carbons (Fsp3) is 0.0625. The van der Waals surface area contributed by atoms with Crippen LogP contribution in [0.4, 0.5) is 14.9 Å². The van der Waals surface area contributed by atoms with Gasteiger partial charge in [-0.15, -0.1) is 0 Å². The maximum absolute atomic E-state index is 13.4. The van der Waals surface area contributed by atoms with Gasteiger partial charge in [0.15, 0.2) is 0 Å². The molecule has 21 heavy (non-hydrogen) atoms. The predicted octanol–water partition coefficient (Wildman–Crippen LogP) is 4.69. The van der Waals surface area contributed by atoms with Crippen LogP contribution in [0.3, 0.4) is 0 Å². The van der Waals surface area contributed by atoms with E-state index in [1.165, 1.54) is 18.3 Å². The molecule has 0 saturated carbocycles. The van der Waals surface area contributed by atoms with E-state index in [2.05, 4.69) is 26.6 Å². The summed E-state index contributed by atoms with van der Waals surface area (Å²) in [5, 5.41) is 5.23. The van der Waals surface area contributed by atoms with Crippen molar-refractivity contribution >= 4 is 33.7 Å². The average molecular weight is 349 g/mol. The SMILES string of the molecule is Cc1cc(NC(=O)N/C=C/c2ccccc2F)ccc1Br. The fourth-order valence-electron chi connectivity index (χ4n) is 1.71. The molecule has 2 aromatic rings. The normalized spacial score (nSPS) is 10.6. The van der Waals surface area contributed by atoms with Gasteiger partial charge < -0.3 is 10.6 Å². The highest BCUT2D eigenvalue weighted by molar-refractivity contribution is 9.10. The number of benzene rings is 2. The first kappa shape index (κ1) is 15.3. The first-order valence-electron chi connectivity index (χ1n) is 6.31. The van der Waals surface area contributed by atoms with Gasteiger partial charge in [0.25, 0.3) is 0 Å². The van der Waals surface area contributed by atoms with Gasteiger partial charge in [0, 0.05) is 21.9 Å². The highest BCUT2D eigenvalue weighted by Crippen LogP contribution is 2.19. The van der Waals surface area contributed by atoms with Crippen molar-refractivity contribution in [1.29, 1.82) is 0 Å². The molecule has 0 aliphatic heterocycles. The molecule has 0 unspecified atom stereocenters. The van der Waals surface area contributed by atoms with Crippen LogP contribution in [0, 0.1) is 12.7 Å². The van der Waals surface area contributed by atoms with E-state index in [9.17, 15) is 9.18 Å². The minimum absolute atomic E-state index is 0.334. The van der Waals surface area contributed by atoms with Gasteiger partial charge in [0.1, 0.15) is 5.82 Å². The van der Waals surface area contributed by atoms with E-state index in [1.54, 1.807) is 24.3 Å². The van der Waals surface area contributed by atoms with Gasteiger partial charge in [-0.3, -0.25) is 0 Å². The van der Waals surface area contributed by atoms with E-state index in [0.29, 0.717) is 11.3 Å². The molecule has 5 heteroatoms. The minimum Gasteiger partial charge on any atom is -0.314 e. The maximum Gasteiger partial charge on any atom is 0.323 e. The van der Waals surface area contributed by atoms with Crippen molar-refractivity contribution in [2.45, 2.75) is 6.92 Å². The second kappa shape index (κ2) is 7.04. The lowest BCUT2D eigenvalue weighted by Crippen LogP contribution is -2.23. The van der Waals surface area contributed by atoms with Crippen LogP contribution in [-0.4, -0.2) is 6.03 Å². The topological polar surface area (TPSA) is 41.1 Å². The predicted molar refractivity (Wildman–Crippen MR) is 86.5 cm³/mol. The molecule has 0 spiro atoms. The molecule has 0 aliphatic carbocycles. The maximum atomic E-state index is 13.4. The van der Waals surface area contributed by atoms with Crippen LogP contribution in [-0.2, 0) is 0 Å². The second-order valence-electron chi connectivity index (χ2n) is 4.42. The van der Waals surface area contributed by atoms with E-state index in [0.717, 1.165) is 10.0 Å². The Morgan fingerprint density at radius 3 is 2.71 bits per heavy atom. The molecule has 2 amide bonds. The number of carbonyl (C=O) groups excluding carboxylic acids is 1. The summed E-state index contributed by atoms with van der Waals surface area (Å²) in [7, 11) is 0. The molecule has 2 N–H and O–H groups in total. The monoisotopic (exact) mass is 348 g/mol. The molecule has 0 atom stereocenters. The Balaban J connectivity index is 1.93. The highest BCUT2D eigenvalue weighted by Gasteiger charge is 2.01. The van der Waals surface area contributed by atoms with Crippen LogP contribution < -0.4 is 10.6 Å². The molecule has 0 bridgehead atoms. The van der Waals surface area contributed by atoms with Crippen LogP contribution in [0.1, 0.15) is 11.1 Å². The zero-order chi connectivity index (χ0) is 15.2. The number of hydrogen-bond acceptors (Lipinski definition) is 1. The second-order valence-corrected chi connectivity index (χ2v) is 5.27. The number of anilines is 1. The molecular formula is C16H14BrFN2O. The van der Waals surface area contributed by atoms with Gasteiger partial charge in [-0.25, -0.2) is 9.18 Å². The molecule has 0 radical (unpaired) electrons. The Bertz CT molecular complexity index is 686. The summed E-state index contributed by atoms with van der Waals surface area (Å²) in [6, 6.07) is 11.5. The van der Waals surface area contributed by atoms with E-state index in [1.807, 2.05) is 19.1 Å². The number of urea groups is 1. The Morgan fingerprint density at radius 1 is 1.24 bits per heavy atom. The van der Waals surface area contributed by atoms with Gasteiger partial charge >= 0.3 is 6.03 Å². The van der Waals surface area contributed by atoms with Crippen LogP contribution >= 0.6 is 15.9 Å². The first-order chi connectivity index (χ1) is 10.1. The summed E-state index contributed by atoms with van der Waals surface area (Å²) in [6.45, 7) is 1.94. The van der Waals surface area contributed by atoms with Crippen molar-refractivity contribution in [3.8, 4) is 0 Å². The minimum atomic E-state index is -0.385. The molecule has 0 heterocycles. The Labute approximate surface area is 131 Å². The van der Waals surface area contributed by atoms with Crippen LogP contribution in [0.2, 0.25) is 0 Å². The summed E-state index contributed by atoms with van der Waals surface area (Å²) in [6.07, 6.45) is 2.90. The lowest BCUT2D eigenvalue weighted by atomic mass is 10.2. The van der Waals surface area contributed by atoms with Gasteiger partial charge in [0.2, 0.25) is 0 Å². The molecule has 0 fully saturated rings. The summed E-state index contributed by atoms with van der Waals surface area (Å²) in [5.41, 5.74) is 2.12. The third-order valence-electron chi connectivity index (χ3n) is 2.80. The van der Waals surface area contributed by atoms with Gasteiger partial charge in [0.05, 0.1) is 0 Å². The Kier molecular flexibility index (Phi) is 5.11. The molecule has 108 valence electrons. The van der Waals surface area contributed by atoms with Crippen molar-refractivity contribution < 1.29 is 9.18 Å².